The van der Waals surface area contributed by atoms with Crippen LogP contribution in [0.3, 0.4) is 0 Å². The van der Waals surface area contributed by atoms with E-state index in [9.17, 15) is 4.79 Å². The number of carbonyl (C=O) groups excluding carboxylic acids is 1. The number of para-hydroxylation sites is 1. The summed E-state index contributed by atoms with van der Waals surface area (Å²) in [6.45, 7) is 8.60. The van der Waals surface area contributed by atoms with E-state index < -0.39 is 5.60 Å². The van der Waals surface area contributed by atoms with Crippen molar-refractivity contribution in [3.8, 4) is 0 Å². The molecule has 0 N–H and O–H groups in total. The molecule has 0 amide bonds. The summed E-state index contributed by atoms with van der Waals surface area (Å²) in [6.07, 6.45) is 2.35. The molecular formula is C31H32BrNO2. The van der Waals surface area contributed by atoms with Crippen LogP contribution in [0.1, 0.15) is 57.2 Å². The quantitative estimate of drug-likeness (QED) is 0.192. The van der Waals surface area contributed by atoms with Crippen LogP contribution < -0.4 is 0 Å². The van der Waals surface area contributed by atoms with Crippen LogP contribution in [0.2, 0.25) is 0 Å². The summed E-state index contributed by atoms with van der Waals surface area (Å²) in [4.78, 5) is 18.3. The molecule has 35 heavy (non-hydrogen) atoms. The summed E-state index contributed by atoms with van der Waals surface area (Å²) in [5.41, 5.74) is 3.75. The summed E-state index contributed by atoms with van der Waals surface area (Å²) >= 11 is 4.02. The van der Waals surface area contributed by atoms with Gasteiger partial charge in [-0.25, -0.2) is 0 Å². The molecule has 5 rings (SSSR count). The highest BCUT2D eigenvalue weighted by Gasteiger charge is 2.64. The third-order valence-corrected chi connectivity index (χ3v) is 9.74. The predicted octanol–water partition coefficient (Wildman–Crippen LogP) is 7.83. The Hall–Kier alpha value is -2.72. The summed E-state index contributed by atoms with van der Waals surface area (Å²) in [5, 5.41) is 0. The number of benzene rings is 3. The molecule has 3 atom stereocenters. The van der Waals surface area contributed by atoms with E-state index in [-0.39, 0.29) is 21.6 Å². The fourth-order valence-corrected chi connectivity index (χ4v) is 7.93. The monoisotopic (exact) mass is 529 g/mol. The largest absolute Gasteiger partial charge is 0.444 e. The molecule has 0 spiro atoms. The molecule has 0 aromatic heterocycles. The van der Waals surface area contributed by atoms with Crippen LogP contribution in [0.4, 0.5) is 5.69 Å². The molecule has 2 fully saturated rings. The number of rotatable bonds is 5. The van der Waals surface area contributed by atoms with Gasteiger partial charge in [0.15, 0.2) is 5.60 Å². The van der Waals surface area contributed by atoms with Gasteiger partial charge in [-0.3, -0.25) is 9.79 Å². The number of esters is 1. The minimum absolute atomic E-state index is 0.0164. The van der Waals surface area contributed by atoms with Gasteiger partial charge in [-0.15, -0.1) is 0 Å². The van der Waals surface area contributed by atoms with Crippen LogP contribution in [0.5, 0.6) is 0 Å². The van der Waals surface area contributed by atoms with Gasteiger partial charge in [0.05, 0.1) is 10.5 Å². The van der Waals surface area contributed by atoms with Crippen molar-refractivity contribution in [2.75, 3.05) is 0 Å². The number of hydrogen-bond acceptors (Lipinski definition) is 3. The van der Waals surface area contributed by atoms with E-state index in [2.05, 4.69) is 42.8 Å². The van der Waals surface area contributed by atoms with Crippen LogP contribution in [-0.2, 0) is 15.1 Å². The molecule has 3 unspecified atom stereocenters. The second-order valence-electron chi connectivity index (χ2n) is 10.6. The zero-order valence-corrected chi connectivity index (χ0v) is 22.4. The van der Waals surface area contributed by atoms with Crippen molar-refractivity contribution in [1.82, 2.24) is 0 Å². The van der Waals surface area contributed by atoms with Gasteiger partial charge in [0.2, 0.25) is 0 Å². The third-order valence-electron chi connectivity index (χ3n) is 8.67. The average Bonchev–Trinajstić information content (AvgIpc) is 3.17. The Kier molecular flexibility index (Phi) is 5.99. The van der Waals surface area contributed by atoms with E-state index >= 15 is 0 Å². The van der Waals surface area contributed by atoms with Gasteiger partial charge in [-0.2, -0.15) is 0 Å². The van der Waals surface area contributed by atoms with Crippen molar-refractivity contribution in [1.29, 1.82) is 0 Å². The van der Waals surface area contributed by atoms with E-state index in [1.165, 1.54) is 19.1 Å². The van der Waals surface area contributed by atoms with Gasteiger partial charge in [-0.1, -0.05) is 116 Å². The Labute approximate surface area is 216 Å². The molecule has 3 nitrogen and oxygen atoms in total. The maximum Gasteiger partial charge on any atom is 0.304 e. The first-order chi connectivity index (χ1) is 16.7. The normalized spacial score (nSPS) is 26.1. The summed E-state index contributed by atoms with van der Waals surface area (Å²) in [5.74, 6) is 0.214. The number of halogens is 1. The lowest BCUT2D eigenvalue weighted by molar-refractivity contribution is -0.150. The van der Waals surface area contributed by atoms with E-state index in [1.54, 1.807) is 0 Å². The molecule has 180 valence electrons. The maximum atomic E-state index is 12.7. The average molecular weight is 531 g/mol. The van der Waals surface area contributed by atoms with Crippen molar-refractivity contribution in [3.63, 3.8) is 0 Å². The van der Waals surface area contributed by atoms with E-state index in [0.29, 0.717) is 5.92 Å². The Morgan fingerprint density at radius 2 is 1.46 bits per heavy atom. The Morgan fingerprint density at radius 1 is 0.914 bits per heavy atom. The molecule has 2 aliphatic carbocycles. The lowest BCUT2D eigenvalue weighted by Crippen LogP contribution is -2.35. The molecule has 0 radical (unpaired) electrons. The van der Waals surface area contributed by atoms with Crippen LogP contribution in [0, 0.1) is 16.7 Å². The van der Waals surface area contributed by atoms with E-state index in [1.807, 2.05) is 78.9 Å². The van der Waals surface area contributed by atoms with Gasteiger partial charge in [0.1, 0.15) is 0 Å². The Morgan fingerprint density at radius 3 is 1.97 bits per heavy atom. The highest BCUT2D eigenvalue weighted by molar-refractivity contribution is 9.10. The highest BCUT2D eigenvalue weighted by Crippen LogP contribution is 2.66. The topological polar surface area (TPSA) is 38.7 Å². The summed E-state index contributed by atoms with van der Waals surface area (Å²) in [6, 6.07) is 28.1. The van der Waals surface area contributed by atoms with Crippen molar-refractivity contribution in [3.05, 3.63) is 102 Å². The van der Waals surface area contributed by atoms with Gasteiger partial charge >= 0.3 is 5.97 Å². The molecule has 0 heterocycles. The van der Waals surface area contributed by atoms with Crippen LogP contribution in [0.25, 0.3) is 0 Å². The maximum absolute atomic E-state index is 12.7. The lowest BCUT2D eigenvalue weighted by Gasteiger charge is -2.37. The van der Waals surface area contributed by atoms with Gasteiger partial charge < -0.3 is 4.74 Å². The van der Waals surface area contributed by atoms with Gasteiger partial charge in [0, 0.05) is 34.7 Å². The molecule has 0 aliphatic heterocycles. The Bertz CT molecular complexity index is 1230. The minimum Gasteiger partial charge on any atom is -0.444 e. The smallest absolute Gasteiger partial charge is 0.304 e. The molecule has 3 aromatic rings. The first kappa shape index (κ1) is 24.0. The molecule has 2 saturated carbocycles. The number of fused-ring (bicyclic) bond motifs is 2. The zero-order valence-electron chi connectivity index (χ0n) is 20.8. The highest BCUT2D eigenvalue weighted by atomic mass is 79.9. The van der Waals surface area contributed by atoms with Crippen molar-refractivity contribution in [2.45, 2.75) is 51.0 Å². The molecular weight excluding hydrogens is 498 g/mol. The number of carbonyl (C=O) groups is 1. The fourth-order valence-electron chi connectivity index (χ4n) is 6.40. The molecule has 0 saturated heterocycles. The summed E-state index contributed by atoms with van der Waals surface area (Å²) in [7, 11) is 0. The molecule has 2 aliphatic rings. The van der Waals surface area contributed by atoms with Gasteiger partial charge in [-0.05, 0) is 30.2 Å². The number of aliphatic imine (C=N–C) groups is 1. The molecule has 4 heteroatoms. The van der Waals surface area contributed by atoms with Crippen LogP contribution >= 0.6 is 15.9 Å². The zero-order chi connectivity index (χ0) is 24.8. The predicted molar refractivity (Wildman–Crippen MR) is 145 cm³/mol. The summed E-state index contributed by atoms with van der Waals surface area (Å²) < 4.78 is 6.34. The van der Waals surface area contributed by atoms with Crippen LogP contribution in [0.15, 0.2) is 89.9 Å². The Balaban J connectivity index is 1.78. The SMILES string of the molecule is CC(=O)OC(c1ccccc1)(c1ccccc1)c1ccccc1N=C1C(Br)C2CCC1(C)C2(C)C. The number of hydrogen-bond donors (Lipinski definition) is 0. The van der Waals surface area contributed by atoms with E-state index in [4.69, 9.17) is 9.73 Å². The number of alkyl halides is 1. The van der Waals surface area contributed by atoms with Gasteiger partial charge in [0.25, 0.3) is 0 Å². The second kappa shape index (κ2) is 8.74. The fraction of sp³-hybridized carbons (Fsp3) is 0.355. The molecule has 3 aromatic carbocycles. The first-order valence-corrected chi connectivity index (χ1v) is 13.3. The second-order valence-corrected chi connectivity index (χ2v) is 11.6. The third kappa shape index (κ3) is 3.60. The molecule has 2 bridgehead atoms. The minimum atomic E-state index is -1.12. The van der Waals surface area contributed by atoms with Crippen molar-refractivity contribution >= 4 is 33.3 Å². The van der Waals surface area contributed by atoms with Crippen molar-refractivity contribution < 1.29 is 9.53 Å². The first-order valence-electron chi connectivity index (χ1n) is 12.3. The lowest BCUT2D eigenvalue weighted by atomic mass is 9.70. The van der Waals surface area contributed by atoms with E-state index in [0.717, 1.165) is 28.8 Å². The van der Waals surface area contributed by atoms with Crippen LogP contribution in [-0.4, -0.2) is 16.5 Å². The van der Waals surface area contributed by atoms with Crippen molar-refractivity contribution in [2.24, 2.45) is 21.7 Å². The standard InChI is InChI=1S/C31H32BrNO2/c1-21(34)35-31(22-13-7-5-8-14-22,23-15-9-6-10-16-23)24-17-11-12-18-26(24)33-28-27(32)25-19-20-30(28,4)29(25,2)3/h5-18,25,27H,19-20H2,1-4H3. The number of nitrogens with zero attached hydrogens (tertiary/aromatic N) is 1. The number of ether oxygens (including phenoxy) is 1.